The molecule has 0 N–H and O–H groups in total. The van der Waals surface area contributed by atoms with Gasteiger partial charge in [0.25, 0.3) is 0 Å². The van der Waals surface area contributed by atoms with Crippen molar-refractivity contribution >= 4 is 23.7 Å². The predicted octanol–water partition coefficient (Wildman–Crippen LogP) is 4.04. The molecule has 2 aromatic rings. The summed E-state index contributed by atoms with van der Waals surface area (Å²) < 4.78 is 0. The van der Waals surface area contributed by atoms with Crippen LogP contribution in [-0.2, 0) is 4.79 Å². The molecule has 0 saturated carbocycles. The van der Waals surface area contributed by atoms with Crippen LogP contribution >= 0.6 is 7.26 Å². The van der Waals surface area contributed by atoms with Gasteiger partial charge in [-0.25, -0.2) is 0 Å². The Balaban J connectivity index is 2.57. The van der Waals surface area contributed by atoms with Gasteiger partial charge in [-0.2, -0.15) is 0 Å². The van der Waals surface area contributed by atoms with Crippen molar-refractivity contribution in [2.24, 2.45) is 0 Å². The van der Waals surface area contributed by atoms with E-state index in [2.05, 4.69) is 74.5 Å². The zero-order valence-electron chi connectivity index (χ0n) is 13.1. The maximum absolute atomic E-state index is 11.6. The van der Waals surface area contributed by atoms with E-state index in [0.717, 1.165) is 6.16 Å². The van der Waals surface area contributed by atoms with Gasteiger partial charge >= 0.3 is 0 Å². The highest BCUT2D eigenvalue weighted by Gasteiger charge is 2.45. The Morgan fingerprint density at radius 2 is 1.33 bits per heavy atom. The quantitative estimate of drug-likeness (QED) is 0.736. The van der Waals surface area contributed by atoms with E-state index in [4.69, 9.17) is 0 Å². The molecule has 110 valence electrons. The summed E-state index contributed by atoms with van der Waals surface area (Å²) in [5.41, 5.74) is 0.529. The Morgan fingerprint density at radius 1 is 0.905 bits per heavy atom. The number of carbonyl (C=O) groups excluding carboxylic acids is 1. The molecule has 0 aliphatic carbocycles. The Labute approximate surface area is 128 Å². The van der Waals surface area contributed by atoms with E-state index in [1.165, 1.54) is 10.6 Å². The van der Waals surface area contributed by atoms with E-state index in [9.17, 15) is 4.79 Å². The zero-order chi connectivity index (χ0) is 15.3. The van der Waals surface area contributed by atoms with Gasteiger partial charge in [0, 0.05) is 6.42 Å². The first-order valence-electron chi connectivity index (χ1n) is 7.56. The minimum absolute atomic E-state index is 0.284. The van der Waals surface area contributed by atoms with Crippen LogP contribution in [0.2, 0.25) is 0 Å². The number of carbonyl (C=O) groups is 1. The van der Waals surface area contributed by atoms with Gasteiger partial charge in [0.2, 0.25) is 0 Å². The molecule has 0 heterocycles. The average molecular weight is 299 g/mol. The largest absolute Gasteiger partial charge is 0.300 e. The van der Waals surface area contributed by atoms with Crippen LogP contribution in [0.25, 0.3) is 0 Å². The molecule has 21 heavy (non-hydrogen) atoms. The molecule has 0 unspecified atom stereocenters. The number of benzene rings is 2. The summed E-state index contributed by atoms with van der Waals surface area (Å²) in [7, 11) is -1.55. The number of hydrogen-bond donors (Lipinski definition) is 0. The summed E-state index contributed by atoms with van der Waals surface area (Å²) in [4.78, 5) is 11.6. The molecule has 2 aromatic carbocycles. The van der Waals surface area contributed by atoms with Crippen LogP contribution in [0, 0.1) is 0 Å². The fourth-order valence-electron chi connectivity index (χ4n) is 2.98. The summed E-state index contributed by atoms with van der Waals surface area (Å²) in [5, 5.41) is 2.82. The van der Waals surface area contributed by atoms with Crippen molar-refractivity contribution in [1.82, 2.24) is 0 Å². The van der Waals surface area contributed by atoms with E-state index < -0.39 is 7.26 Å². The molecule has 2 rings (SSSR count). The van der Waals surface area contributed by atoms with Crippen molar-refractivity contribution in [2.75, 3.05) is 6.16 Å². The van der Waals surface area contributed by atoms with Crippen LogP contribution in [0.3, 0.4) is 0 Å². The van der Waals surface area contributed by atoms with Gasteiger partial charge in [0.1, 0.15) is 5.78 Å². The molecule has 0 aliphatic heterocycles. The summed E-state index contributed by atoms with van der Waals surface area (Å²) in [5.74, 6) is 0.284. The van der Waals surface area contributed by atoms with Gasteiger partial charge in [-0.15, -0.1) is 0 Å². The van der Waals surface area contributed by atoms with Crippen molar-refractivity contribution in [3.8, 4) is 0 Å². The molecule has 0 amide bonds. The molecule has 0 aromatic heterocycles. The highest BCUT2D eigenvalue weighted by Crippen LogP contribution is 2.60. The second kappa shape index (κ2) is 7.00. The molecule has 0 spiro atoms. The van der Waals surface area contributed by atoms with E-state index in [0.29, 0.717) is 12.1 Å². The van der Waals surface area contributed by atoms with Crippen molar-refractivity contribution in [1.29, 1.82) is 0 Å². The Kier molecular flexibility index (Phi) is 5.31. The highest BCUT2D eigenvalue weighted by atomic mass is 31.2. The van der Waals surface area contributed by atoms with Crippen molar-refractivity contribution in [2.45, 2.75) is 32.9 Å². The fraction of sp³-hybridized carbons (Fsp3) is 0.316. The van der Waals surface area contributed by atoms with Gasteiger partial charge in [-0.1, -0.05) is 36.4 Å². The second-order valence-corrected chi connectivity index (χ2v) is 10.1. The first-order chi connectivity index (χ1) is 10.1. The number of Topliss-reactive ketones (excluding diaryl/α,β-unsaturated/α-hetero) is 1. The van der Waals surface area contributed by atoms with E-state index in [1.807, 2.05) is 0 Å². The molecule has 1 nitrogen and oxygen atoms in total. The van der Waals surface area contributed by atoms with Gasteiger partial charge in [-0.05, 0) is 45.0 Å². The first kappa shape index (κ1) is 15.9. The van der Waals surface area contributed by atoms with Crippen molar-refractivity contribution < 1.29 is 4.79 Å². The standard InChI is InChI=1S/C19H24OP/c1-16(2)21(15-14-17(3)20,18-10-6-4-7-11-18)19-12-8-5-9-13-19/h4-13,16H,14-15H2,1-3H3/q+1. The van der Waals surface area contributed by atoms with E-state index >= 15 is 0 Å². The van der Waals surface area contributed by atoms with Gasteiger partial charge in [0.05, 0.1) is 29.7 Å². The predicted molar refractivity (Wildman–Crippen MR) is 94.4 cm³/mol. The number of rotatable bonds is 6. The Bertz CT molecular complexity index is 536. The molecular weight excluding hydrogens is 275 g/mol. The van der Waals surface area contributed by atoms with E-state index in [1.54, 1.807) is 6.92 Å². The summed E-state index contributed by atoms with van der Waals surface area (Å²) in [6.07, 6.45) is 1.63. The third kappa shape index (κ3) is 3.41. The third-order valence-electron chi connectivity index (χ3n) is 4.13. The van der Waals surface area contributed by atoms with Crippen LogP contribution in [0.4, 0.5) is 0 Å². The lowest BCUT2D eigenvalue weighted by Gasteiger charge is -2.31. The fourth-order valence-corrected chi connectivity index (χ4v) is 7.58. The number of ketones is 1. The van der Waals surface area contributed by atoms with Crippen LogP contribution < -0.4 is 10.6 Å². The molecule has 2 heteroatoms. The highest BCUT2D eigenvalue weighted by molar-refractivity contribution is 7.90. The topological polar surface area (TPSA) is 17.1 Å². The van der Waals surface area contributed by atoms with Crippen molar-refractivity contribution in [3.05, 3.63) is 60.7 Å². The monoisotopic (exact) mass is 299 g/mol. The number of hydrogen-bond acceptors (Lipinski definition) is 1. The van der Waals surface area contributed by atoms with Crippen LogP contribution in [0.1, 0.15) is 27.2 Å². The van der Waals surface area contributed by atoms with E-state index in [-0.39, 0.29) is 5.78 Å². The van der Waals surface area contributed by atoms with Crippen LogP contribution in [0.15, 0.2) is 60.7 Å². The lowest BCUT2D eigenvalue weighted by atomic mass is 10.3. The molecule has 0 aliphatic rings. The molecule has 0 fully saturated rings. The summed E-state index contributed by atoms with van der Waals surface area (Å²) >= 11 is 0. The SMILES string of the molecule is CC(=O)CC[P+](c1ccccc1)(c1ccccc1)C(C)C. The summed E-state index contributed by atoms with van der Waals surface area (Å²) in [6, 6.07) is 21.5. The molecule has 0 radical (unpaired) electrons. The Morgan fingerprint density at radius 3 is 1.67 bits per heavy atom. The molecular formula is C19H24OP+. The first-order valence-corrected chi connectivity index (χ1v) is 9.60. The van der Waals surface area contributed by atoms with Gasteiger partial charge < -0.3 is 0 Å². The summed E-state index contributed by atoms with van der Waals surface area (Å²) in [6.45, 7) is 6.30. The maximum atomic E-state index is 11.6. The average Bonchev–Trinajstić information content (AvgIpc) is 2.49. The van der Waals surface area contributed by atoms with Crippen LogP contribution in [0.5, 0.6) is 0 Å². The minimum atomic E-state index is -1.55. The molecule has 0 atom stereocenters. The smallest absolute Gasteiger partial charge is 0.133 e. The maximum Gasteiger partial charge on any atom is 0.133 e. The zero-order valence-corrected chi connectivity index (χ0v) is 14.0. The molecule has 0 saturated heterocycles. The minimum Gasteiger partial charge on any atom is -0.300 e. The third-order valence-corrected chi connectivity index (χ3v) is 9.26. The lowest BCUT2D eigenvalue weighted by Crippen LogP contribution is -2.31. The van der Waals surface area contributed by atoms with Gasteiger partial charge in [0.15, 0.2) is 0 Å². The van der Waals surface area contributed by atoms with Crippen molar-refractivity contribution in [3.63, 3.8) is 0 Å². The molecule has 0 bridgehead atoms. The second-order valence-electron chi connectivity index (χ2n) is 5.81. The van der Waals surface area contributed by atoms with Gasteiger partial charge in [-0.3, -0.25) is 4.79 Å². The van der Waals surface area contributed by atoms with Crippen LogP contribution in [-0.4, -0.2) is 17.6 Å². The lowest BCUT2D eigenvalue weighted by molar-refractivity contribution is -0.116. The normalized spacial score (nSPS) is 11.6. The Hall–Kier alpha value is -1.46.